The van der Waals surface area contributed by atoms with Gasteiger partial charge in [0.05, 0.1) is 11.3 Å². The fourth-order valence-corrected chi connectivity index (χ4v) is 1.88. The SMILES string of the molecule is CCCSCC(=O)c1cccc(F)c1F. The lowest BCUT2D eigenvalue weighted by Gasteiger charge is -2.02. The maximum atomic E-state index is 13.2. The standard InChI is InChI=1S/C11H12F2OS/c1-2-6-15-7-10(14)8-4-3-5-9(12)11(8)13/h3-5H,2,6-7H2,1H3. The highest BCUT2D eigenvalue weighted by Crippen LogP contribution is 2.14. The molecule has 0 spiro atoms. The molecule has 82 valence electrons. The zero-order chi connectivity index (χ0) is 11.3. The van der Waals surface area contributed by atoms with E-state index in [0.717, 1.165) is 18.2 Å². The molecule has 0 atom stereocenters. The topological polar surface area (TPSA) is 17.1 Å². The summed E-state index contributed by atoms with van der Waals surface area (Å²) in [6, 6.07) is 3.66. The summed E-state index contributed by atoms with van der Waals surface area (Å²) in [6.07, 6.45) is 0.962. The normalized spacial score (nSPS) is 10.3. The van der Waals surface area contributed by atoms with E-state index in [1.54, 1.807) is 0 Å². The summed E-state index contributed by atoms with van der Waals surface area (Å²) in [4.78, 5) is 11.5. The van der Waals surface area contributed by atoms with Gasteiger partial charge in [-0.2, -0.15) is 11.8 Å². The largest absolute Gasteiger partial charge is 0.293 e. The number of halogens is 2. The zero-order valence-corrected chi connectivity index (χ0v) is 9.24. The van der Waals surface area contributed by atoms with Gasteiger partial charge in [-0.05, 0) is 24.3 Å². The number of thioether (sulfide) groups is 1. The predicted molar refractivity (Wildman–Crippen MR) is 58.3 cm³/mol. The van der Waals surface area contributed by atoms with Crippen molar-refractivity contribution in [3.8, 4) is 0 Å². The highest BCUT2D eigenvalue weighted by molar-refractivity contribution is 7.99. The molecule has 0 aliphatic heterocycles. The molecule has 0 saturated carbocycles. The minimum absolute atomic E-state index is 0.154. The molecule has 0 aliphatic carbocycles. The van der Waals surface area contributed by atoms with Crippen molar-refractivity contribution < 1.29 is 13.6 Å². The Morgan fingerprint density at radius 2 is 2.13 bits per heavy atom. The van der Waals surface area contributed by atoms with E-state index in [9.17, 15) is 13.6 Å². The Morgan fingerprint density at radius 1 is 1.40 bits per heavy atom. The molecule has 0 amide bonds. The van der Waals surface area contributed by atoms with Crippen molar-refractivity contribution in [2.75, 3.05) is 11.5 Å². The number of rotatable bonds is 5. The quantitative estimate of drug-likeness (QED) is 0.570. The fourth-order valence-electron chi connectivity index (χ4n) is 1.11. The molecule has 1 aromatic rings. The molecule has 15 heavy (non-hydrogen) atoms. The Hall–Kier alpha value is -0.900. The summed E-state index contributed by atoms with van der Waals surface area (Å²) in [5.41, 5.74) is -0.154. The number of carbonyl (C=O) groups excluding carboxylic acids is 1. The summed E-state index contributed by atoms with van der Waals surface area (Å²) in [5.74, 6) is -1.32. The van der Waals surface area contributed by atoms with E-state index in [2.05, 4.69) is 0 Å². The molecule has 0 fully saturated rings. The summed E-state index contributed by atoms with van der Waals surface area (Å²) in [7, 11) is 0. The lowest BCUT2D eigenvalue weighted by molar-refractivity contribution is 0.101. The minimum atomic E-state index is -1.04. The van der Waals surface area contributed by atoms with Gasteiger partial charge in [-0.25, -0.2) is 8.78 Å². The van der Waals surface area contributed by atoms with Crippen molar-refractivity contribution in [2.45, 2.75) is 13.3 Å². The van der Waals surface area contributed by atoms with E-state index >= 15 is 0 Å². The first-order valence-corrected chi connectivity index (χ1v) is 5.87. The van der Waals surface area contributed by atoms with Crippen LogP contribution in [0.1, 0.15) is 23.7 Å². The van der Waals surface area contributed by atoms with Gasteiger partial charge >= 0.3 is 0 Å². The first kappa shape index (κ1) is 12.2. The monoisotopic (exact) mass is 230 g/mol. The van der Waals surface area contributed by atoms with Crippen LogP contribution >= 0.6 is 11.8 Å². The molecule has 0 unspecified atom stereocenters. The Kier molecular flexibility index (Phi) is 4.75. The molecule has 0 heterocycles. The van der Waals surface area contributed by atoms with Gasteiger partial charge in [0, 0.05) is 0 Å². The van der Waals surface area contributed by atoms with Crippen LogP contribution in [0, 0.1) is 11.6 Å². The van der Waals surface area contributed by atoms with Crippen molar-refractivity contribution in [1.82, 2.24) is 0 Å². The lowest BCUT2D eigenvalue weighted by atomic mass is 10.1. The molecule has 1 aromatic carbocycles. The van der Waals surface area contributed by atoms with E-state index < -0.39 is 11.6 Å². The highest BCUT2D eigenvalue weighted by Gasteiger charge is 2.14. The number of carbonyl (C=O) groups is 1. The number of ketones is 1. The molecule has 0 aliphatic rings. The third-order valence-corrected chi connectivity index (χ3v) is 3.00. The number of hydrogen-bond acceptors (Lipinski definition) is 2. The Labute approximate surface area is 91.9 Å². The van der Waals surface area contributed by atoms with Crippen LogP contribution in [-0.2, 0) is 0 Å². The second kappa shape index (κ2) is 5.85. The van der Waals surface area contributed by atoms with Gasteiger partial charge < -0.3 is 0 Å². The van der Waals surface area contributed by atoms with E-state index in [4.69, 9.17) is 0 Å². The molecule has 1 nitrogen and oxygen atoms in total. The molecular weight excluding hydrogens is 218 g/mol. The highest BCUT2D eigenvalue weighted by atomic mass is 32.2. The van der Waals surface area contributed by atoms with Crippen LogP contribution in [-0.4, -0.2) is 17.3 Å². The predicted octanol–water partition coefficient (Wildman–Crippen LogP) is 3.29. The van der Waals surface area contributed by atoms with Crippen molar-refractivity contribution >= 4 is 17.5 Å². The van der Waals surface area contributed by atoms with Gasteiger partial charge in [0.25, 0.3) is 0 Å². The van der Waals surface area contributed by atoms with Crippen molar-refractivity contribution in [3.05, 3.63) is 35.4 Å². The average molecular weight is 230 g/mol. The average Bonchev–Trinajstić information content (AvgIpc) is 2.22. The van der Waals surface area contributed by atoms with Crippen LogP contribution in [0.15, 0.2) is 18.2 Å². The van der Waals surface area contributed by atoms with Gasteiger partial charge in [0.2, 0.25) is 0 Å². The van der Waals surface area contributed by atoms with Crippen LogP contribution in [0.4, 0.5) is 8.78 Å². The van der Waals surface area contributed by atoms with E-state index in [1.807, 2.05) is 6.92 Å². The summed E-state index contributed by atoms with van der Waals surface area (Å²) < 4.78 is 26.0. The third-order valence-electron chi connectivity index (χ3n) is 1.83. The van der Waals surface area contributed by atoms with Gasteiger partial charge in [0.1, 0.15) is 0 Å². The molecule has 0 radical (unpaired) electrons. The zero-order valence-electron chi connectivity index (χ0n) is 8.43. The second-order valence-electron chi connectivity index (χ2n) is 3.08. The maximum absolute atomic E-state index is 13.2. The van der Waals surface area contributed by atoms with Crippen LogP contribution in [0.2, 0.25) is 0 Å². The van der Waals surface area contributed by atoms with Crippen molar-refractivity contribution in [1.29, 1.82) is 0 Å². The van der Waals surface area contributed by atoms with E-state index in [1.165, 1.54) is 23.9 Å². The Morgan fingerprint density at radius 3 is 2.80 bits per heavy atom. The summed E-state index contributed by atoms with van der Waals surface area (Å²) in [5, 5.41) is 0. The molecule has 1 rings (SSSR count). The first-order chi connectivity index (χ1) is 7.16. The summed E-state index contributed by atoms with van der Waals surface area (Å²) >= 11 is 1.43. The molecule has 0 N–H and O–H groups in total. The van der Waals surface area contributed by atoms with Crippen LogP contribution in [0.25, 0.3) is 0 Å². The summed E-state index contributed by atoms with van der Waals surface area (Å²) in [6.45, 7) is 2.00. The van der Waals surface area contributed by atoms with E-state index in [0.29, 0.717) is 0 Å². The van der Waals surface area contributed by atoms with Crippen LogP contribution < -0.4 is 0 Å². The second-order valence-corrected chi connectivity index (χ2v) is 4.18. The van der Waals surface area contributed by atoms with Gasteiger partial charge in [-0.1, -0.05) is 13.0 Å². The number of benzene rings is 1. The minimum Gasteiger partial charge on any atom is -0.293 e. The van der Waals surface area contributed by atoms with E-state index in [-0.39, 0.29) is 17.1 Å². The van der Waals surface area contributed by atoms with Crippen LogP contribution in [0.5, 0.6) is 0 Å². The fraction of sp³-hybridized carbons (Fsp3) is 0.364. The molecule has 4 heteroatoms. The van der Waals surface area contributed by atoms with Gasteiger partial charge in [-0.3, -0.25) is 4.79 Å². The molecule has 0 bridgehead atoms. The molecule has 0 saturated heterocycles. The lowest BCUT2D eigenvalue weighted by Crippen LogP contribution is -2.07. The number of hydrogen-bond donors (Lipinski definition) is 0. The Balaban J connectivity index is 2.69. The third kappa shape index (κ3) is 3.30. The van der Waals surface area contributed by atoms with Gasteiger partial charge in [0.15, 0.2) is 17.4 Å². The van der Waals surface area contributed by atoms with Crippen molar-refractivity contribution in [2.24, 2.45) is 0 Å². The first-order valence-electron chi connectivity index (χ1n) is 4.71. The Bertz CT molecular complexity index is 352. The van der Waals surface area contributed by atoms with Crippen LogP contribution in [0.3, 0.4) is 0 Å². The van der Waals surface area contributed by atoms with Crippen molar-refractivity contribution in [3.63, 3.8) is 0 Å². The maximum Gasteiger partial charge on any atom is 0.175 e. The smallest absolute Gasteiger partial charge is 0.175 e. The number of Topliss-reactive ketones (excluding diaryl/α,β-unsaturated/α-hetero) is 1. The van der Waals surface area contributed by atoms with Gasteiger partial charge in [-0.15, -0.1) is 0 Å². The molecular formula is C11H12F2OS. The molecule has 0 aromatic heterocycles.